The molecule has 4 nitrogen and oxygen atoms in total. The third-order valence-electron chi connectivity index (χ3n) is 7.97. The largest absolute Gasteiger partial charge is 0.456 e. The highest BCUT2D eigenvalue weighted by Gasteiger charge is 2.19. The molecule has 0 saturated heterocycles. The van der Waals surface area contributed by atoms with Crippen LogP contribution in [0, 0.1) is 0 Å². The first-order valence-electron chi connectivity index (χ1n) is 13.4. The van der Waals surface area contributed by atoms with Crippen molar-refractivity contribution in [1.82, 2.24) is 14.5 Å². The lowest BCUT2D eigenvalue weighted by Crippen LogP contribution is -2.03. The number of hydrogen-bond acceptors (Lipinski definition) is 3. The summed E-state index contributed by atoms with van der Waals surface area (Å²) in [6.07, 6.45) is 0. The lowest BCUT2D eigenvalue weighted by atomic mass is 10.0. The monoisotopic (exact) mass is 511 g/mol. The van der Waals surface area contributed by atoms with Gasteiger partial charge in [0.1, 0.15) is 11.2 Å². The van der Waals surface area contributed by atoms with Gasteiger partial charge in [0.25, 0.3) is 0 Å². The van der Waals surface area contributed by atoms with Gasteiger partial charge in [0.15, 0.2) is 0 Å². The molecule has 0 atom stereocenters. The van der Waals surface area contributed by atoms with E-state index in [1.54, 1.807) is 0 Å². The average Bonchev–Trinajstić information content (AvgIpc) is 3.52. The molecule has 0 fully saturated rings. The van der Waals surface area contributed by atoms with E-state index in [4.69, 9.17) is 14.4 Å². The van der Waals surface area contributed by atoms with E-state index in [1.165, 1.54) is 10.8 Å². The summed E-state index contributed by atoms with van der Waals surface area (Å²) in [5.74, 6) is 0.643. The topological polar surface area (TPSA) is 43.9 Å². The smallest absolute Gasteiger partial charge is 0.235 e. The van der Waals surface area contributed by atoms with Gasteiger partial charge in [0.2, 0.25) is 5.95 Å². The predicted molar refractivity (Wildman–Crippen MR) is 164 cm³/mol. The Bertz CT molecular complexity index is 2430. The molecule has 3 heterocycles. The molecule has 0 amide bonds. The van der Waals surface area contributed by atoms with Crippen LogP contribution in [-0.4, -0.2) is 14.5 Å². The highest BCUT2D eigenvalue weighted by Crippen LogP contribution is 2.39. The van der Waals surface area contributed by atoms with Gasteiger partial charge in [-0.2, -0.15) is 0 Å². The van der Waals surface area contributed by atoms with Crippen LogP contribution in [0.25, 0.3) is 82.6 Å². The summed E-state index contributed by atoms with van der Waals surface area (Å²) in [7, 11) is 0. The van der Waals surface area contributed by atoms with Crippen LogP contribution in [0.15, 0.2) is 132 Å². The summed E-state index contributed by atoms with van der Waals surface area (Å²) >= 11 is 0. The molecule has 186 valence electrons. The first-order valence-corrected chi connectivity index (χ1v) is 13.4. The van der Waals surface area contributed by atoms with Crippen LogP contribution in [-0.2, 0) is 0 Å². The molecular formula is C36H21N3O. The second kappa shape index (κ2) is 8.01. The third-order valence-corrected chi connectivity index (χ3v) is 7.97. The Hall–Kier alpha value is -5.48. The van der Waals surface area contributed by atoms with Crippen molar-refractivity contribution in [2.45, 2.75) is 0 Å². The fourth-order valence-electron chi connectivity index (χ4n) is 6.12. The Labute approximate surface area is 228 Å². The van der Waals surface area contributed by atoms with Crippen molar-refractivity contribution in [3.8, 4) is 17.2 Å². The second-order valence-electron chi connectivity index (χ2n) is 10.3. The minimum atomic E-state index is 0.643. The normalized spacial score (nSPS) is 12.0. The van der Waals surface area contributed by atoms with Crippen LogP contribution >= 0.6 is 0 Å². The van der Waals surface area contributed by atoms with E-state index in [9.17, 15) is 0 Å². The molecule has 3 aromatic heterocycles. The van der Waals surface area contributed by atoms with Gasteiger partial charge in [0.05, 0.1) is 22.2 Å². The van der Waals surface area contributed by atoms with E-state index < -0.39 is 0 Å². The maximum Gasteiger partial charge on any atom is 0.235 e. The molecule has 0 unspecified atom stereocenters. The minimum Gasteiger partial charge on any atom is -0.456 e. The molecule has 0 spiro atoms. The molecule has 4 heteroatoms. The molecule has 0 aliphatic heterocycles. The fourth-order valence-corrected chi connectivity index (χ4v) is 6.12. The first-order chi connectivity index (χ1) is 19.8. The standard InChI is InChI=1S/C36H21N3O/c1-2-10-22(11-3-1)35-26-15-6-8-16-30(26)37-36(38-35)39-31-17-9-7-14-25(31)27-20-29-28-18-23-12-4-5-13-24(23)19-33(28)40-34(29)21-32(27)39/h1-21H. The van der Waals surface area contributed by atoms with Gasteiger partial charge in [0, 0.05) is 38.6 Å². The molecule has 0 N–H and O–H groups in total. The first kappa shape index (κ1) is 21.5. The van der Waals surface area contributed by atoms with Crippen LogP contribution in [0.3, 0.4) is 0 Å². The van der Waals surface area contributed by atoms with Crippen LogP contribution in [0.5, 0.6) is 0 Å². The minimum absolute atomic E-state index is 0.643. The zero-order chi connectivity index (χ0) is 26.2. The van der Waals surface area contributed by atoms with Gasteiger partial charge < -0.3 is 4.42 Å². The SMILES string of the molecule is c1ccc(-c2nc(-n3c4ccccc4c4cc5c(cc43)oc3cc4ccccc4cc35)nc3ccccc23)cc1. The number of furan rings is 1. The van der Waals surface area contributed by atoms with Crippen LogP contribution in [0.4, 0.5) is 0 Å². The molecular weight excluding hydrogens is 490 g/mol. The number of benzene rings is 6. The number of hydrogen-bond donors (Lipinski definition) is 0. The van der Waals surface area contributed by atoms with E-state index in [1.807, 2.05) is 30.3 Å². The summed E-state index contributed by atoms with van der Waals surface area (Å²) in [5, 5.41) is 7.96. The number of nitrogens with zero attached hydrogens (tertiary/aromatic N) is 3. The highest BCUT2D eigenvalue weighted by molar-refractivity contribution is 6.18. The Morgan fingerprint density at radius 1 is 0.475 bits per heavy atom. The van der Waals surface area contributed by atoms with Crippen LogP contribution in [0.2, 0.25) is 0 Å². The maximum atomic E-state index is 6.46. The average molecular weight is 512 g/mol. The Morgan fingerprint density at radius 2 is 1.15 bits per heavy atom. The van der Waals surface area contributed by atoms with Crippen molar-refractivity contribution in [2.75, 3.05) is 0 Å². The van der Waals surface area contributed by atoms with Crippen molar-refractivity contribution in [1.29, 1.82) is 0 Å². The number of fused-ring (bicyclic) bond motifs is 8. The van der Waals surface area contributed by atoms with Crippen molar-refractivity contribution >= 4 is 65.4 Å². The number of rotatable bonds is 2. The molecule has 9 rings (SSSR count). The summed E-state index contributed by atoms with van der Waals surface area (Å²) in [6, 6.07) is 44.3. The molecule has 6 aromatic carbocycles. The van der Waals surface area contributed by atoms with Crippen LogP contribution in [0.1, 0.15) is 0 Å². The van der Waals surface area contributed by atoms with Crippen molar-refractivity contribution in [2.24, 2.45) is 0 Å². The van der Waals surface area contributed by atoms with Crippen molar-refractivity contribution < 1.29 is 4.42 Å². The van der Waals surface area contributed by atoms with Gasteiger partial charge in [-0.15, -0.1) is 0 Å². The zero-order valence-corrected chi connectivity index (χ0v) is 21.4. The second-order valence-corrected chi connectivity index (χ2v) is 10.3. The Balaban J connectivity index is 1.40. The summed E-state index contributed by atoms with van der Waals surface area (Å²) < 4.78 is 8.64. The predicted octanol–water partition coefficient (Wildman–Crippen LogP) is 9.45. The lowest BCUT2D eigenvalue weighted by Gasteiger charge is -2.11. The zero-order valence-electron chi connectivity index (χ0n) is 21.4. The molecule has 0 aliphatic carbocycles. The lowest BCUT2D eigenvalue weighted by molar-refractivity contribution is 0.670. The summed E-state index contributed by atoms with van der Waals surface area (Å²) in [4.78, 5) is 10.3. The molecule has 40 heavy (non-hydrogen) atoms. The Kier molecular flexibility index (Phi) is 4.30. The van der Waals surface area contributed by atoms with E-state index in [0.29, 0.717) is 5.95 Å². The van der Waals surface area contributed by atoms with Gasteiger partial charge >= 0.3 is 0 Å². The van der Waals surface area contributed by atoms with Gasteiger partial charge in [-0.25, -0.2) is 9.97 Å². The van der Waals surface area contributed by atoms with Gasteiger partial charge in [-0.3, -0.25) is 4.57 Å². The van der Waals surface area contributed by atoms with Gasteiger partial charge in [-0.05, 0) is 41.1 Å². The summed E-state index contributed by atoms with van der Waals surface area (Å²) in [6.45, 7) is 0. The quantitative estimate of drug-likeness (QED) is 0.232. The van der Waals surface area contributed by atoms with Crippen molar-refractivity contribution in [3.05, 3.63) is 127 Å². The van der Waals surface area contributed by atoms with Crippen LogP contribution < -0.4 is 0 Å². The van der Waals surface area contributed by atoms with E-state index in [2.05, 4.69) is 102 Å². The number of aromatic nitrogens is 3. The van der Waals surface area contributed by atoms with Gasteiger partial charge in [-0.1, -0.05) is 91.0 Å². The van der Waals surface area contributed by atoms with E-state index >= 15 is 0 Å². The molecule has 0 saturated carbocycles. The van der Waals surface area contributed by atoms with Crippen molar-refractivity contribution in [3.63, 3.8) is 0 Å². The van der Waals surface area contributed by atoms with E-state index in [0.717, 1.165) is 65.9 Å². The highest BCUT2D eigenvalue weighted by atomic mass is 16.3. The summed E-state index contributed by atoms with van der Waals surface area (Å²) in [5.41, 5.74) is 6.73. The third kappa shape index (κ3) is 3.01. The number of para-hydroxylation sites is 2. The van der Waals surface area contributed by atoms with E-state index in [-0.39, 0.29) is 0 Å². The molecule has 9 aromatic rings. The Morgan fingerprint density at radius 3 is 2.02 bits per heavy atom. The maximum absolute atomic E-state index is 6.46. The fraction of sp³-hybridized carbons (Fsp3) is 0. The molecule has 0 radical (unpaired) electrons. The molecule has 0 aliphatic rings. The molecule has 0 bridgehead atoms.